The minimum Gasteiger partial charge on any atom is -0.489 e. The molecule has 36 heavy (non-hydrogen) atoms. The Morgan fingerprint density at radius 1 is 1.08 bits per heavy atom. The number of aromatic nitrogens is 2. The van der Waals surface area contributed by atoms with Gasteiger partial charge in [0.15, 0.2) is 5.82 Å². The van der Waals surface area contributed by atoms with E-state index in [0.717, 1.165) is 48.9 Å². The lowest BCUT2D eigenvalue weighted by Crippen LogP contribution is -2.44. The molecule has 1 aromatic heterocycles. The third-order valence-corrected chi connectivity index (χ3v) is 6.53. The van der Waals surface area contributed by atoms with Crippen LogP contribution in [-0.2, 0) is 6.54 Å². The fraction of sp³-hybridized carbons (Fsp3) is 0.346. The van der Waals surface area contributed by atoms with Gasteiger partial charge >= 0.3 is 0 Å². The zero-order valence-electron chi connectivity index (χ0n) is 20.6. The van der Waals surface area contributed by atoms with Crippen LogP contribution in [0.2, 0.25) is 5.02 Å². The highest BCUT2D eigenvalue weighted by molar-refractivity contribution is 6.33. The van der Waals surface area contributed by atoms with E-state index >= 15 is 0 Å². The Labute approximate surface area is 215 Å². The van der Waals surface area contributed by atoms with Crippen LogP contribution in [0, 0.1) is 0 Å². The number of hydrogen-bond acceptors (Lipinski definition) is 8. The minimum atomic E-state index is -0.118. The number of carbonyl (C=O) groups excluding carboxylic acids is 1. The van der Waals surface area contributed by atoms with Crippen molar-refractivity contribution < 1.29 is 9.53 Å². The number of benzene rings is 2. The maximum absolute atomic E-state index is 12.3. The standard InChI is InChI=1S/C26H30ClN7O2/c1-16(2)36-22-13-18(34-11-9-33(3)10-12-34)7-8-20(22)31-26-29-15-19(27)24(32-26)30-21-6-4-5-17-14-28-25(35)23(17)21/h4-8,13,15-16H,9-12,14H2,1-3H3,(H,28,35)(H2,29,30,31,32). The van der Waals surface area contributed by atoms with E-state index in [9.17, 15) is 4.79 Å². The van der Waals surface area contributed by atoms with Gasteiger partial charge in [0, 0.05) is 44.5 Å². The number of hydrogen-bond donors (Lipinski definition) is 3. The topological polar surface area (TPSA) is 94.7 Å². The summed E-state index contributed by atoms with van der Waals surface area (Å²) in [5, 5.41) is 9.68. The summed E-state index contributed by atoms with van der Waals surface area (Å²) in [7, 11) is 2.15. The average Bonchev–Trinajstić information content (AvgIpc) is 3.24. The zero-order valence-corrected chi connectivity index (χ0v) is 21.4. The number of amides is 1. The lowest BCUT2D eigenvalue weighted by Gasteiger charge is -2.34. The van der Waals surface area contributed by atoms with Crippen LogP contribution in [0.5, 0.6) is 5.75 Å². The third kappa shape index (κ3) is 5.17. The normalized spacial score (nSPS) is 15.6. The number of piperazine rings is 1. The second-order valence-corrected chi connectivity index (χ2v) is 9.71. The molecule has 2 aliphatic rings. The zero-order chi connectivity index (χ0) is 25.2. The molecule has 188 valence electrons. The van der Waals surface area contributed by atoms with Crippen molar-refractivity contribution in [3.8, 4) is 5.75 Å². The molecule has 1 fully saturated rings. The van der Waals surface area contributed by atoms with Crippen molar-refractivity contribution in [2.24, 2.45) is 0 Å². The van der Waals surface area contributed by atoms with Gasteiger partial charge in [-0.2, -0.15) is 4.98 Å². The third-order valence-electron chi connectivity index (χ3n) is 6.26. The van der Waals surface area contributed by atoms with Crippen LogP contribution >= 0.6 is 11.6 Å². The Morgan fingerprint density at radius 3 is 2.67 bits per heavy atom. The van der Waals surface area contributed by atoms with E-state index in [-0.39, 0.29) is 12.0 Å². The summed E-state index contributed by atoms with van der Waals surface area (Å²) in [6.07, 6.45) is 1.53. The van der Waals surface area contributed by atoms with Gasteiger partial charge in [-0.05, 0) is 44.7 Å². The van der Waals surface area contributed by atoms with Crippen molar-refractivity contribution >= 4 is 46.3 Å². The molecule has 0 spiro atoms. The van der Waals surface area contributed by atoms with Gasteiger partial charge in [0.25, 0.3) is 5.91 Å². The molecule has 0 saturated carbocycles. The number of rotatable bonds is 7. The SMILES string of the molecule is CC(C)Oc1cc(N2CCN(C)CC2)ccc1Nc1ncc(Cl)c(Nc2cccc3c2C(=O)NC3)n1. The van der Waals surface area contributed by atoms with Crippen LogP contribution < -0.4 is 25.6 Å². The average molecular weight is 508 g/mol. The van der Waals surface area contributed by atoms with Crippen LogP contribution in [0.4, 0.5) is 28.8 Å². The predicted octanol–water partition coefficient (Wildman–Crippen LogP) is 4.40. The molecule has 3 N–H and O–H groups in total. The summed E-state index contributed by atoms with van der Waals surface area (Å²) in [5.74, 6) is 1.38. The molecule has 5 rings (SSSR count). The van der Waals surface area contributed by atoms with Crippen molar-refractivity contribution in [3.63, 3.8) is 0 Å². The van der Waals surface area contributed by atoms with Crippen LogP contribution in [0.3, 0.4) is 0 Å². The number of nitrogens with zero attached hydrogens (tertiary/aromatic N) is 4. The van der Waals surface area contributed by atoms with Crippen molar-refractivity contribution in [1.29, 1.82) is 0 Å². The second-order valence-electron chi connectivity index (χ2n) is 9.30. The lowest BCUT2D eigenvalue weighted by molar-refractivity contribution is 0.0966. The molecular weight excluding hydrogens is 478 g/mol. The van der Waals surface area contributed by atoms with Crippen LogP contribution in [0.25, 0.3) is 0 Å². The second kappa shape index (κ2) is 10.2. The first-order chi connectivity index (χ1) is 17.4. The lowest BCUT2D eigenvalue weighted by atomic mass is 10.1. The van der Waals surface area contributed by atoms with Gasteiger partial charge < -0.3 is 30.5 Å². The van der Waals surface area contributed by atoms with E-state index < -0.39 is 0 Å². The van der Waals surface area contributed by atoms with Crippen molar-refractivity contribution in [3.05, 3.63) is 58.7 Å². The van der Waals surface area contributed by atoms with Crippen molar-refractivity contribution in [2.45, 2.75) is 26.5 Å². The van der Waals surface area contributed by atoms with Crippen molar-refractivity contribution in [2.75, 3.05) is 48.8 Å². The van der Waals surface area contributed by atoms with E-state index in [1.807, 2.05) is 38.1 Å². The number of ether oxygens (including phenoxy) is 1. The Morgan fingerprint density at radius 2 is 1.89 bits per heavy atom. The molecule has 2 aliphatic heterocycles. The molecule has 1 amide bonds. The van der Waals surface area contributed by atoms with Crippen LogP contribution in [0.1, 0.15) is 29.8 Å². The molecule has 0 bridgehead atoms. The molecular formula is C26H30ClN7O2. The van der Waals surface area contributed by atoms with Gasteiger partial charge in [-0.15, -0.1) is 0 Å². The summed E-state index contributed by atoms with van der Waals surface area (Å²) in [5.41, 5.74) is 4.07. The summed E-state index contributed by atoms with van der Waals surface area (Å²) < 4.78 is 6.14. The largest absolute Gasteiger partial charge is 0.489 e. The van der Waals surface area contributed by atoms with Crippen molar-refractivity contribution in [1.82, 2.24) is 20.2 Å². The van der Waals surface area contributed by atoms with E-state index in [2.05, 4.69) is 54.9 Å². The van der Waals surface area contributed by atoms with E-state index in [1.165, 1.54) is 6.20 Å². The highest BCUT2D eigenvalue weighted by atomic mass is 35.5. The van der Waals surface area contributed by atoms with Crippen LogP contribution in [0.15, 0.2) is 42.6 Å². The Balaban J connectivity index is 1.40. The summed E-state index contributed by atoms with van der Waals surface area (Å²) in [6, 6.07) is 11.8. The van der Waals surface area contributed by atoms with Gasteiger partial charge in [0.05, 0.1) is 29.2 Å². The highest BCUT2D eigenvalue weighted by Crippen LogP contribution is 2.34. The van der Waals surface area contributed by atoms with Gasteiger partial charge in [-0.3, -0.25) is 4.79 Å². The molecule has 0 aliphatic carbocycles. The van der Waals surface area contributed by atoms with E-state index in [4.69, 9.17) is 16.3 Å². The van der Waals surface area contributed by atoms with E-state index in [1.54, 1.807) is 0 Å². The number of nitrogens with one attached hydrogen (secondary N) is 3. The fourth-order valence-electron chi connectivity index (χ4n) is 4.37. The molecule has 1 saturated heterocycles. The Hall–Kier alpha value is -3.56. The summed E-state index contributed by atoms with van der Waals surface area (Å²) in [4.78, 5) is 25.9. The molecule has 2 aromatic carbocycles. The van der Waals surface area contributed by atoms with E-state index in [0.29, 0.717) is 34.6 Å². The highest BCUT2D eigenvalue weighted by Gasteiger charge is 2.23. The number of halogens is 1. The number of fused-ring (bicyclic) bond motifs is 1. The Kier molecular flexibility index (Phi) is 6.84. The molecule has 10 heteroatoms. The number of carbonyl (C=O) groups is 1. The molecule has 9 nitrogen and oxygen atoms in total. The predicted molar refractivity (Wildman–Crippen MR) is 143 cm³/mol. The molecule has 3 heterocycles. The van der Waals surface area contributed by atoms with Gasteiger partial charge in [-0.25, -0.2) is 4.98 Å². The molecule has 3 aromatic rings. The van der Waals surface area contributed by atoms with Gasteiger partial charge in [0.1, 0.15) is 10.8 Å². The maximum atomic E-state index is 12.3. The maximum Gasteiger partial charge on any atom is 0.254 e. The number of likely N-dealkylation sites (N-methyl/N-ethyl adjacent to an activating group) is 1. The minimum absolute atomic E-state index is 0.00275. The summed E-state index contributed by atoms with van der Waals surface area (Å²) >= 11 is 6.40. The van der Waals surface area contributed by atoms with Gasteiger partial charge in [0.2, 0.25) is 5.95 Å². The molecule has 0 unspecified atom stereocenters. The Bertz CT molecular complexity index is 1280. The smallest absolute Gasteiger partial charge is 0.254 e. The fourth-order valence-corrected chi connectivity index (χ4v) is 4.51. The first-order valence-corrected chi connectivity index (χ1v) is 12.5. The first-order valence-electron chi connectivity index (χ1n) is 12.1. The quantitative estimate of drug-likeness (QED) is 0.433. The number of anilines is 5. The molecule has 0 radical (unpaired) electrons. The summed E-state index contributed by atoms with van der Waals surface area (Å²) in [6.45, 7) is 8.52. The van der Waals surface area contributed by atoms with Gasteiger partial charge in [-0.1, -0.05) is 23.7 Å². The first kappa shape index (κ1) is 24.1. The molecule has 0 atom stereocenters. The monoisotopic (exact) mass is 507 g/mol. The van der Waals surface area contributed by atoms with Crippen LogP contribution in [-0.4, -0.2) is 60.1 Å².